The fourth-order valence-electron chi connectivity index (χ4n) is 2.05. The zero-order valence-corrected chi connectivity index (χ0v) is 12.6. The first-order valence-electron chi connectivity index (χ1n) is 6.72. The van der Waals surface area contributed by atoms with Gasteiger partial charge in [0.1, 0.15) is 5.82 Å². The van der Waals surface area contributed by atoms with Gasteiger partial charge in [-0.3, -0.25) is 0 Å². The molecule has 0 spiro atoms. The summed E-state index contributed by atoms with van der Waals surface area (Å²) >= 11 is 0. The fraction of sp³-hybridized carbons (Fsp3) is 0.600. The Kier molecular flexibility index (Phi) is 6.91. The Bertz CT molecular complexity index is 416. The molecule has 0 aliphatic rings. The Labute approximate surface area is 120 Å². The number of hydrogen-bond acceptors (Lipinski definition) is 4. The van der Waals surface area contributed by atoms with Gasteiger partial charge in [0.2, 0.25) is 0 Å². The number of aliphatic hydroxyl groups excluding tert-OH is 1. The lowest BCUT2D eigenvalue weighted by molar-refractivity contribution is 0.187. The van der Waals surface area contributed by atoms with Gasteiger partial charge in [-0.25, -0.2) is 4.39 Å². The molecule has 0 radical (unpaired) electrons. The van der Waals surface area contributed by atoms with Crippen LogP contribution in [0.5, 0.6) is 0 Å². The Hall–Kier alpha value is -1.17. The van der Waals surface area contributed by atoms with Crippen molar-refractivity contribution < 1.29 is 19.0 Å². The average molecular weight is 285 g/mol. The highest BCUT2D eigenvalue weighted by Crippen LogP contribution is 2.29. The summed E-state index contributed by atoms with van der Waals surface area (Å²) in [5.41, 5.74) is 1.97. The molecule has 1 aromatic carbocycles. The molecule has 1 aromatic rings. The van der Waals surface area contributed by atoms with Crippen LogP contribution in [0.4, 0.5) is 10.1 Å². The minimum Gasteiger partial charge on any atom is -0.389 e. The van der Waals surface area contributed by atoms with Gasteiger partial charge in [-0.2, -0.15) is 0 Å². The topological polar surface area (TPSA) is 41.9 Å². The molecule has 0 aliphatic heterocycles. The number of halogens is 1. The molecule has 1 rings (SSSR count). The van der Waals surface area contributed by atoms with E-state index in [1.165, 1.54) is 6.07 Å². The van der Waals surface area contributed by atoms with Gasteiger partial charge in [0, 0.05) is 38.6 Å². The summed E-state index contributed by atoms with van der Waals surface area (Å²) in [4.78, 5) is 2.04. The van der Waals surface area contributed by atoms with E-state index in [0.29, 0.717) is 37.4 Å². The van der Waals surface area contributed by atoms with E-state index >= 15 is 0 Å². The Morgan fingerprint density at radius 2 is 1.75 bits per heavy atom. The normalized spacial score (nSPS) is 12.5. The lowest BCUT2D eigenvalue weighted by Crippen LogP contribution is -2.31. The van der Waals surface area contributed by atoms with Crippen LogP contribution in [0.15, 0.2) is 12.1 Å². The molecule has 0 saturated heterocycles. The average Bonchev–Trinajstić information content (AvgIpc) is 2.41. The summed E-state index contributed by atoms with van der Waals surface area (Å²) in [5.74, 6) is -0.303. The molecule has 5 heteroatoms. The van der Waals surface area contributed by atoms with Crippen LogP contribution < -0.4 is 4.90 Å². The van der Waals surface area contributed by atoms with Crippen LogP contribution in [0, 0.1) is 12.7 Å². The highest BCUT2D eigenvalue weighted by Gasteiger charge is 2.17. The molecule has 20 heavy (non-hydrogen) atoms. The Morgan fingerprint density at radius 3 is 2.20 bits per heavy atom. The Balaban J connectivity index is 3.11. The van der Waals surface area contributed by atoms with Crippen molar-refractivity contribution in [2.45, 2.75) is 20.0 Å². The molecular formula is C15H24FNO3. The van der Waals surface area contributed by atoms with Gasteiger partial charge in [0.25, 0.3) is 0 Å². The molecule has 0 aliphatic carbocycles. The van der Waals surface area contributed by atoms with E-state index in [2.05, 4.69) is 0 Å². The number of nitrogens with zero attached hydrogens (tertiary/aromatic N) is 1. The van der Waals surface area contributed by atoms with Crippen molar-refractivity contribution in [3.05, 3.63) is 29.1 Å². The van der Waals surface area contributed by atoms with E-state index in [4.69, 9.17) is 9.47 Å². The predicted octanol–water partition coefficient (Wildman–Crippen LogP) is 2.29. The van der Waals surface area contributed by atoms with E-state index in [1.54, 1.807) is 34.1 Å². The first kappa shape index (κ1) is 16.9. The lowest BCUT2D eigenvalue weighted by atomic mass is 10.0. The van der Waals surface area contributed by atoms with Gasteiger partial charge >= 0.3 is 0 Å². The number of anilines is 1. The molecule has 4 nitrogen and oxygen atoms in total. The van der Waals surface area contributed by atoms with Gasteiger partial charge < -0.3 is 19.5 Å². The zero-order chi connectivity index (χ0) is 15.1. The third-order valence-electron chi connectivity index (χ3n) is 3.23. The van der Waals surface area contributed by atoms with Crippen molar-refractivity contribution in [3.63, 3.8) is 0 Å². The maximum Gasteiger partial charge on any atom is 0.126 e. The molecule has 0 fully saturated rings. The van der Waals surface area contributed by atoms with Crippen LogP contribution in [0.2, 0.25) is 0 Å². The molecule has 114 valence electrons. The SMILES string of the molecule is COCCN(CCOC)c1cc(C)c(F)cc1[C@H](C)O. The van der Waals surface area contributed by atoms with Crippen LogP contribution in [0.1, 0.15) is 24.2 Å². The molecule has 1 atom stereocenters. The maximum absolute atomic E-state index is 13.7. The van der Waals surface area contributed by atoms with Crippen molar-refractivity contribution >= 4 is 5.69 Å². The monoisotopic (exact) mass is 285 g/mol. The third kappa shape index (κ3) is 4.44. The predicted molar refractivity (Wildman–Crippen MR) is 77.7 cm³/mol. The van der Waals surface area contributed by atoms with E-state index in [9.17, 15) is 9.50 Å². The van der Waals surface area contributed by atoms with Crippen molar-refractivity contribution in [1.82, 2.24) is 0 Å². The third-order valence-corrected chi connectivity index (χ3v) is 3.23. The minimum absolute atomic E-state index is 0.303. The summed E-state index contributed by atoms with van der Waals surface area (Å²) in [5, 5.41) is 9.86. The van der Waals surface area contributed by atoms with Crippen LogP contribution in [-0.4, -0.2) is 45.6 Å². The van der Waals surface area contributed by atoms with E-state index in [-0.39, 0.29) is 5.82 Å². The standard InChI is InChI=1S/C15H24FNO3/c1-11-9-15(13(12(2)18)10-14(11)16)17(5-7-19-3)6-8-20-4/h9-10,12,18H,5-8H2,1-4H3/t12-/m0/s1. The largest absolute Gasteiger partial charge is 0.389 e. The van der Waals surface area contributed by atoms with Gasteiger partial charge in [0.05, 0.1) is 19.3 Å². The highest BCUT2D eigenvalue weighted by atomic mass is 19.1. The molecule has 1 N–H and O–H groups in total. The molecule has 0 aromatic heterocycles. The lowest BCUT2D eigenvalue weighted by Gasteiger charge is -2.28. The molecule has 0 amide bonds. The number of rotatable bonds is 8. The summed E-state index contributed by atoms with van der Waals surface area (Å²) in [6.07, 6.45) is -0.729. The van der Waals surface area contributed by atoms with Crippen molar-refractivity contribution in [2.75, 3.05) is 45.4 Å². The second-order valence-electron chi connectivity index (χ2n) is 4.81. The number of methoxy groups -OCH3 is 2. The van der Waals surface area contributed by atoms with Crippen molar-refractivity contribution in [3.8, 4) is 0 Å². The molecular weight excluding hydrogens is 261 g/mol. The molecule has 0 heterocycles. The van der Waals surface area contributed by atoms with Gasteiger partial charge in [0.15, 0.2) is 0 Å². The van der Waals surface area contributed by atoms with Crippen LogP contribution >= 0.6 is 0 Å². The Morgan fingerprint density at radius 1 is 1.20 bits per heavy atom. The highest BCUT2D eigenvalue weighted by molar-refractivity contribution is 5.56. The first-order chi connectivity index (χ1) is 9.51. The number of hydrogen-bond donors (Lipinski definition) is 1. The van der Waals surface area contributed by atoms with Crippen LogP contribution in [-0.2, 0) is 9.47 Å². The number of aliphatic hydroxyl groups is 1. The second kappa shape index (κ2) is 8.19. The van der Waals surface area contributed by atoms with Crippen LogP contribution in [0.25, 0.3) is 0 Å². The number of aryl methyl sites for hydroxylation is 1. The van der Waals surface area contributed by atoms with Crippen LogP contribution in [0.3, 0.4) is 0 Å². The van der Waals surface area contributed by atoms with Gasteiger partial charge in [-0.15, -0.1) is 0 Å². The first-order valence-corrected chi connectivity index (χ1v) is 6.72. The zero-order valence-electron chi connectivity index (χ0n) is 12.6. The van der Waals surface area contributed by atoms with Crippen molar-refractivity contribution in [1.29, 1.82) is 0 Å². The minimum atomic E-state index is -0.729. The second-order valence-corrected chi connectivity index (χ2v) is 4.81. The number of benzene rings is 1. The molecule has 0 unspecified atom stereocenters. The fourth-order valence-corrected chi connectivity index (χ4v) is 2.05. The summed E-state index contributed by atoms with van der Waals surface area (Å²) in [6.45, 7) is 5.78. The van der Waals surface area contributed by atoms with E-state index < -0.39 is 6.10 Å². The van der Waals surface area contributed by atoms with E-state index in [1.807, 2.05) is 4.90 Å². The maximum atomic E-state index is 13.7. The van der Waals surface area contributed by atoms with Gasteiger partial charge in [-0.05, 0) is 31.5 Å². The number of ether oxygens (including phenoxy) is 2. The quantitative estimate of drug-likeness (QED) is 0.796. The summed E-state index contributed by atoms with van der Waals surface area (Å²) in [6, 6.07) is 3.17. The van der Waals surface area contributed by atoms with Gasteiger partial charge in [-0.1, -0.05) is 0 Å². The smallest absolute Gasteiger partial charge is 0.126 e. The molecule has 0 saturated carbocycles. The summed E-state index contributed by atoms with van der Waals surface area (Å²) in [7, 11) is 3.28. The molecule has 0 bridgehead atoms. The van der Waals surface area contributed by atoms with Crippen molar-refractivity contribution in [2.24, 2.45) is 0 Å². The van der Waals surface area contributed by atoms with E-state index in [0.717, 1.165) is 5.69 Å². The summed E-state index contributed by atoms with van der Waals surface area (Å²) < 4.78 is 23.9.